The molecule has 0 radical (unpaired) electrons. The lowest BCUT2D eigenvalue weighted by molar-refractivity contribution is 0.0502. The van der Waals surface area contributed by atoms with Crippen molar-refractivity contribution in [3.05, 3.63) is 30.7 Å². The molecule has 1 rings (SSSR count). The minimum Gasteiger partial charge on any atom is -0.493 e. The highest BCUT2D eigenvalue weighted by atomic mass is 16.6. The van der Waals surface area contributed by atoms with E-state index in [0.717, 1.165) is 0 Å². The molecule has 1 amide bonds. The van der Waals surface area contributed by atoms with Crippen molar-refractivity contribution in [1.29, 1.82) is 0 Å². The van der Waals surface area contributed by atoms with Gasteiger partial charge in [-0.3, -0.25) is 0 Å². The molecule has 0 aliphatic heterocycles. The van der Waals surface area contributed by atoms with Gasteiger partial charge in [0.25, 0.3) is 0 Å². The van der Waals surface area contributed by atoms with Crippen molar-refractivity contribution in [2.45, 2.75) is 38.8 Å². The van der Waals surface area contributed by atoms with Gasteiger partial charge in [0, 0.05) is 6.07 Å². The Morgan fingerprint density at radius 2 is 2.26 bits per heavy atom. The zero-order chi connectivity index (χ0) is 14.5. The molecule has 104 valence electrons. The first-order chi connectivity index (χ1) is 8.81. The van der Waals surface area contributed by atoms with E-state index in [1.165, 1.54) is 12.4 Å². The van der Waals surface area contributed by atoms with Crippen LogP contribution in [0.4, 0.5) is 4.79 Å². The van der Waals surface area contributed by atoms with Gasteiger partial charge in [0.1, 0.15) is 11.9 Å². The topological polar surface area (TPSA) is 84.3 Å². The minimum absolute atomic E-state index is 0.148. The zero-order valence-corrected chi connectivity index (χ0v) is 11.4. The van der Waals surface area contributed by atoms with Crippen LogP contribution in [-0.2, 0) is 4.74 Å². The summed E-state index contributed by atoms with van der Waals surface area (Å²) in [6.07, 6.45) is 2.81. The second-order valence-corrected chi connectivity index (χ2v) is 5.02. The lowest BCUT2D eigenvalue weighted by Crippen LogP contribution is -2.35. The molecule has 0 spiro atoms. The van der Waals surface area contributed by atoms with E-state index in [1.807, 2.05) is 0 Å². The molecule has 2 N–H and O–H groups in total. The Bertz CT molecular complexity index is 455. The molecule has 6 nitrogen and oxygen atoms in total. The van der Waals surface area contributed by atoms with Crippen molar-refractivity contribution in [2.24, 2.45) is 0 Å². The second kappa shape index (κ2) is 6.17. The van der Waals surface area contributed by atoms with Crippen LogP contribution in [0, 0.1) is 0 Å². The van der Waals surface area contributed by atoms with Gasteiger partial charge in [-0.25, -0.2) is 14.8 Å². The second-order valence-electron chi connectivity index (χ2n) is 5.02. The van der Waals surface area contributed by atoms with Gasteiger partial charge in [-0.05, 0) is 27.2 Å². The summed E-state index contributed by atoms with van der Waals surface area (Å²) < 4.78 is 5.18. The van der Waals surface area contributed by atoms with Crippen molar-refractivity contribution in [2.75, 3.05) is 0 Å². The predicted octanol–water partition coefficient (Wildman–Crippen LogP) is 2.32. The number of nitrogens with zero attached hydrogens (tertiary/aromatic N) is 2. The minimum atomic E-state index is -0.573. The largest absolute Gasteiger partial charge is 0.493 e. The van der Waals surface area contributed by atoms with E-state index in [4.69, 9.17) is 4.74 Å². The van der Waals surface area contributed by atoms with Crippen molar-refractivity contribution < 1.29 is 14.6 Å². The molecule has 0 saturated heterocycles. The quantitative estimate of drug-likeness (QED) is 0.816. The highest BCUT2D eigenvalue weighted by molar-refractivity contribution is 5.68. The molecule has 1 aromatic rings. The molecule has 0 aliphatic rings. The molecule has 1 heterocycles. The average molecular weight is 265 g/mol. The van der Waals surface area contributed by atoms with Crippen molar-refractivity contribution in [3.8, 4) is 5.88 Å². The van der Waals surface area contributed by atoms with Crippen LogP contribution in [0.3, 0.4) is 0 Å². The van der Waals surface area contributed by atoms with Gasteiger partial charge in [0.15, 0.2) is 0 Å². The molecule has 19 heavy (non-hydrogen) atoms. The summed E-state index contributed by atoms with van der Waals surface area (Å²) in [7, 11) is 0. The third kappa shape index (κ3) is 5.37. The van der Waals surface area contributed by atoms with Crippen LogP contribution in [0.25, 0.3) is 0 Å². The first-order valence-corrected chi connectivity index (χ1v) is 5.93. The van der Waals surface area contributed by atoms with Crippen molar-refractivity contribution in [1.82, 2.24) is 15.3 Å². The van der Waals surface area contributed by atoms with Gasteiger partial charge >= 0.3 is 6.09 Å². The van der Waals surface area contributed by atoms with Crippen LogP contribution in [0.5, 0.6) is 5.88 Å². The number of alkyl carbamates (subject to hydrolysis) is 1. The summed E-state index contributed by atoms with van der Waals surface area (Å²) in [6.45, 7) is 8.98. The predicted molar refractivity (Wildman–Crippen MR) is 70.6 cm³/mol. The number of aromatic nitrogens is 2. The van der Waals surface area contributed by atoms with Crippen LogP contribution in [0.2, 0.25) is 0 Å². The molecule has 0 aromatic carbocycles. The monoisotopic (exact) mass is 265 g/mol. The summed E-state index contributed by atoms with van der Waals surface area (Å²) in [5.74, 6) is -0.148. The van der Waals surface area contributed by atoms with Crippen LogP contribution in [-0.4, -0.2) is 26.8 Å². The molecule has 1 aromatic heterocycles. The van der Waals surface area contributed by atoms with Crippen molar-refractivity contribution >= 4 is 6.09 Å². The fraction of sp³-hybridized carbons (Fsp3) is 0.462. The lowest BCUT2D eigenvalue weighted by atomic mass is 10.1. The number of hydrogen-bond acceptors (Lipinski definition) is 5. The molecule has 1 unspecified atom stereocenters. The zero-order valence-electron chi connectivity index (χ0n) is 11.4. The third-order valence-corrected chi connectivity index (χ3v) is 2.12. The summed E-state index contributed by atoms with van der Waals surface area (Å²) >= 11 is 0. The maximum Gasteiger partial charge on any atom is 0.408 e. The van der Waals surface area contributed by atoms with E-state index in [2.05, 4.69) is 21.9 Å². The number of amides is 1. The molecular weight excluding hydrogens is 246 g/mol. The number of rotatable bonds is 4. The lowest BCUT2D eigenvalue weighted by Gasteiger charge is -2.22. The highest BCUT2D eigenvalue weighted by Crippen LogP contribution is 2.18. The smallest absolute Gasteiger partial charge is 0.408 e. The van der Waals surface area contributed by atoms with Gasteiger partial charge in [-0.2, -0.15) is 0 Å². The molecule has 1 atom stereocenters. The molecule has 6 heteroatoms. The Morgan fingerprint density at radius 1 is 1.58 bits per heavy atom. The van der Waals surface area contributed by atoms with Crippen LogP contribution in [0.1, 0.15) is 38.9 Å². The van der Waals surface area contributed by atoms with Crippen molar-refractivity contribution in [3.63, 3.8) is 0 Å². The number of nitrogens with one attached hydrogen (secondary N) is 1. The third-order valence-electron chi connectivity index (χ3n) is 2.12. The first-order valence-electron chi connectivity index (χ1n) is 5.93. The summed E-state index contributed by atoms with van der Waals surface area (Å²) in [5, 5.41) is 12.0. The maximum absolute atomic E-state index is 11.7. The molecule has 0 fully saturated rings. The molecule has 0 bridgehead atoms. The van der Waals surface area contributed by atoms with Gasteiger partial charge in [-0.1, -0.05) is 6.08 Å². The van der Waals surface area contributed by atoms with E-state index in [-0.39, 0.29) is 5.88 Å². The maximum atomic E-state index is 11.7. The van der Waals surface area contributed by atoms with Crippen LogP contribution in [0.15, 0.2) is 25.0 Å². The summed E-state index contributed by atoms with van der Waals surface area (Å²) in [5.41, 5.74) is -0.0744. The number of ether oxygens (including phenoxy) is 1. The Hall–Kier alpha value is -2.11. The van der Waals surface area contributed by atoms with E-state index < -0.39 is 17.7 Å². The SMILES string of the molecule is C=CCC(NC(=O)OC(C)(C)C)c1cc(O)ncn1. The Kier molecular flexibility index (Phi) is 4.86. The average Bonchev–Trinajstić information content (AvgIpc) is 2.26. The molecule has 0 aliphatic carbocycles. The number of hydrogen-bond donors (Lipinski definition) is 2. The standard InChI is InChI=1S/C13H19N3O3/c1-5-6-9(10-7-11(17)15-8-14-10)16-12(18)19-13(2,3)4/h5,7-9H,1,6H2,2-4H3,(H,16,18)(H,14,15,17). The molecular formula is C13H19N3O3. The van der Waals surface area contributed by atoms with Crippen LogP contribution >= 0.6 is 0 Å². The Balaban J connectivity index is 2.78. The highest BCUT2D eigenvalue weighted by Gasteiger charge is 2.20. The van der Waals surface area contributed by atoms with Gasteiger partial charge in [0.05, 0.1) is 11.7 Å². The normalized spacial score (nSPS) is 12.6. The number of carbonyl (C=O) groups excluding carboxylic acids is 1. The number of aromatic hydroxyl groups is 1. The van der Waals surface area contributed by atoms with Gasteiger partial charge < -0.3 is 15.2 Å². The van der Waals surface area contributed by atoms with E-state index in [0.29, 0.717) is 12.1 Å². The Labute approximate surface area is 112 Å². The number of carbonyl (C=O) groups is 1. The Morgan fingerprint density at radius 3 is 2.79 bits per heavy atom. The fourth-order valence-corrected chi connectivity index (χ4v) is 1.42. The van der Waals surface area contributed by atoms with Gasteiger partial charge in [0.2, 0.25) is 5.88 Å². The summed E-state index contributed by atoms with van der Waals surface area (Å²) in [4.78, 5) is 19.3. The van der Waals surface area contributed by atoms with Gasteiger partial charge in [-0.15, -0.1) is 6.58 Å². The fourth-order valence-electron chi connectivity index (χ4n) is 1.42. The first kappa shape index (κ1) is 14.9. The van der Waals surface area contributed by atoms with Crippen LogP contribution < -0.4 is 5.32 Å². The summed E-state index contributed by atoms with van der Waals surface area (Å²) in [6, 6.07) is 0.979. The van der Waals surface area contributed by atoms with E-state index in [1.54, 1.807) is 26.8 Å². The molecule has 0 saturated carbocycles. The van der Waals surface area contributed by atoms with E-state index in [9.17, 15) is 9.90 Å². The van der Waals surface area contributed by atoms with E-state index >= 15 is 0 Å².